The molecule has 0 bridgehead atoms. The van der Waals surface area contributed by atoms with Crippen molar-refractivity contribution in [3.8, 4) is 10.6 Å². The van der Waals surface area contributed by atoms with Crippen molar-refractivity contribution in [2.75, 3.05) is 0 Å². The standard InChI is InChI=1S/C22H20N2OS/c1-16-9-11-18(12-10-16)22-24-19(15-26-22)14-23-21(20-8-5-13-25-20)17-6-3-2-4-7-17/h2-13,15,21,23H,14H2,1H3/p+1/t21-/m1/s1. The van der Waals surface area contributed by atoms with Crippen LogP contribution in [0.5, 0.6) is 0 Å². The number of thiazole rings is 1. The molecule has 3 nitrogen and oxygen atoms in total. The van der Waals surface area contributed by atoms with Crippen LogP contribution in [0.1, 0.15) is 28.6 Å². The number of hydrogen-bond acceptors (Lipinski definition) is 3. The quantitative estimate of drug-likeness (QED) is 0.547. The van der Waals surface area contributed by atoms with Gasteiger partial charge in [-0.2, -0.15) is 0 Å². The molecule has 0 amide bonds. The molecule has 4 aromatic rings. The lowest BCUT2D eigenvalue weighted by Gasteiger charge is -2.13. The van der Waals surface area contributed by atoms with E-state index in [1.807, 2.05) is 18.2 Å². The zero-order valence-corrected chi connectivity index (χ0v) is 15.4. The first-order valence-electron chi connectivity index (χ1n) is 8.73. The van der Waals surface area contributed by atoms with Crippen molar-refractivity contribution in [2.24, 2.45) is 0 Å². The molecule has 0 saturated carbocycles. The Labute approximate surface area is 157 Å². The van der Waals surface area contributed by atoms with Crippen LogP contribution in [0.4, 0.5) is 0 Å². The molecule has 0 aliphatic carbocycles. The summed E-state index contributed by atoms with van der Waals surface area (Å²) in [6, 6.07) is 23.1. The Morgan fingerprint density at radius 3 is 2.54 bits per heavy atom. The van der Waals surface area contributed by atoms with Gasteiger partial charge in [-0.25, -0.2) is 4.98 Å². The lowest BCUT2D eigenvalue weighted by Crippen LogP contribution is -2.83. The second-order valence-electron chi connectivity index (χ2n) is 6.35. The van der Waals surface area contributed by atoms with E-state index in [2.05, 4.69) is 66.2 Å². The minimum atomic E-state index is 0.135. The molecule has 1 atom stereocenters. The van der Waals surface area contributed by atoms with Crippen molar-refractivity contribution in [3.63, 3.8) is 0 Å². The fourth-order valence-electron chi connectivity index (χ4n) is 3.01. The first-order valence-corrected chi connectivity index (χ1v) is 9.61. The lowest BCUT2D eigenvalue weighted by molar-refractivity contribution is -0.704. The zero-order valence-electron chi connectivity index (χ0n) is 14.6. The Hall–Kier alpha value is -2.69. The maximum absolute atomic E-state index is 5.68. The van der Waals surface area contributed by atoms with E-state index in [0.717, 1.165) is 23.0 Å². The maximum Gasteiger partial charge on any atom is 0.170 e. The predicted molar refractivity (Wildman–Crippen MR) is 105 cm³/mol. The van der Waals surface area contributed by atoms with Crippen LogP contribution in [0.15, 0.2) is 82.8 Å². The van der Waals surface area contributed by atoms with Gasteiger partial charge in [-0.1, -0.05) is 60.2 Å². The molecule has 2 heterocycles. The molecule has 26 heavy (non-hydrogen) atoms. The molecular formula is C22H21N2OS+. The summed E-state index contributed by atoms with van der Waals surface area (Å²) >= 11 is 1.70. The lowest BCUT2D eigenvalue weighted by atomic mass is 10.0. The number of rotatable bonds is 6. The SMILES string of the molecule is Cc1ccc(-c2nc(C[NH2+][C@H](c3ccccc3)c3ccco3)cs2)cc1. The third-order valence-corrected chi connectivity index (χ3v) is 5.36. The highest BCUT2D eigenvalue weighted by atomic mass is 32.1. The topological polar surface area (TPSA) is 42.6 Å². The number of aryl methyl sites for hydroxylation is 1. The summed E-state index contributed by atoms with van der Waals surface area (Å²) < 4.78 is 5.68. The summed E-state index contributed by atoms with van der Waals surface area (Å²) in [6.45, 7) is 2.91. The second-order valence-corrected chi connectivity index (χ2v) is 7.21. The number of nitrogens with two attached hydrogens (primary N) is 1. The van der Waals surface area contributed by atoms with E-state index in [-0.39, 0.29) is 6.04 Å². The molecule has 130 valence electrons. The Balaban J connectivity index is 1.51. The molecule has 0 spiro atoms. The van der Waals surface area contributed by atoms with Gasteiger partial charge in [0.25, 0.3) is 0 Å². The Bertz CT molecular complexity index is 944. The minimum Gasteiger partial charge on any atom is -0.463 e. The van der Waals surface area contributed by atoms with E-state index in [1.165, 1.54) is 16.7 Å². The fourth-order valence-corrected chi connectivity index (χ4v) is 3.85. The molecule has 0 fully saturated rings. The molecular weight excluding hydrogens is 340 g/mol. The van der Waals surface area contributed by atoms with Crippen LogP contribution in [0.2, 0.25) is 0 Å². The molecule has 2 aromatic carbocycles. The predicted octanol–water partition coefficient (Wildman–Crippen LogP) is 4.56. The number of hydrogen-bond donors (Lipinski definition) is 1. The number of benzene rings is 2. The minimum absolute atomic E-state index is 0.135. The Morgan fingerprint density at radius 2 is 1.81 bits per heavy atom. The molecule has 0 saturated heterocycles. The van der Waals surface area contributed by atoms with Gasteiger partial charge in [0.1, 0.15) is 17.2 Å². The average Bonchev–Trinajstić information content (AvgIpc) is 3.36. The van der Waals surface area contributed by atoms with Crippen molar-refractivity contribution < 1.29 is 9.73 Å². The zero-order chi connectivity index (χ0) is 17.8. The first-order chi connectivity index (χ1) is 12.8. The molecule has 0 aliphatic heterocycles. The van der Waals surface area contributed by atoms with Crippen molar-refractivity contribution in [1.82, 2.24) is 4.98 Å². The van der Waals surface area contributed by atoms with Gasteiger partial charge in [0.15, 0.2) is 11.8 Å². The van der Waals surface area contributed by atoms with Crippen LogP contribution in [0, 0.1) is 6.92 Å². The highest BCUT2D eigenvalue weighted by Crippen LogP contribution is 2.24. The van der Waals surface area contributed by atoms with Gasteiger partial charge in [0.2, 0.25) is 0 Å². The van der Waals surface area contributed by atoms with Gasteiger partial charge in [0.05, 0.1) is 6.26 Å². The average molecular weight is 361 g/mol. The number of nitrogens with zero attached hydrogens (tertiary/aromatic N) is 1. The van der Waals surface area contributed by atoms with E-state index >= 15 is 0 Å². The third kappa shape index (κ3) is 3.77. The normalized spacial score (nSPS) is 12.2. The van der Waals surface area contributed by atoms with Crippen LogP contribution in [-0.4, -0.2) is 4.98 Å². The van der Waals surface area contributed by atoms with Crippen LogP contribution in [-0.2, 0) is 6.54 Å². The van der Waals surface area contributed by atoms with Gasteiger partial charge < -0.3 is 9.73 Å². The summed E-state index contributed by atoms with van der Waals surface area (Å²) in [5.41, 5.74) is 4.77. The Morgan fingerprint density at radius 1 is 1.00 bits per heavy atom. The Kier molecular flexibility index (Phi) is 4.95. The smallest absolute Gasteiger partial charge is 0.170 e. The van der Waals surface area contributed by atoms with Crippen LogP contribution >= 0.6 is 11.3 Å². The van der Waals surface area contributed by atoms with E-state index in [0.29, 0.717) is 0 Å². The summed E-state index contributed by atoms with van der Waals surface area (Å²) in [5.74, 6) is 0.963. The van der Waals surface area contributed by atoms with Crippen molar-refractivity contribution in [2.45, 2.75) is 19.5 Å². The van der Waals surface area contributed by atoms with E-state index in [9.17, 15) is 0 Å². The summed E-state index contributed by atoms with van der Waals surface area (Å²) in [7, 11) is 0. The monoisotopic (exact) mass is 361 g/mol. The van der Waals surface area contributed by atoms with Gasteiger partial charge in [-0.3, -0.25) is 0 Å². The molecule has 0 radical (unpaired) electrons. The summed E-state index contributed by atoms with van der Waals surface area (Å²) in [6.07, 6.45) is 1.73. The van der Waals surface area contributed by atoms with E-state index in [1.54, 1.807) is 17.6 Å². The third-order valence-electron chi connectivity index (χ3n) is 4.42. The summed E-state index contributed by atoms with van der Waals surface area (Å²) in [4.78, 5) is 4.81. The van der Waals surface area contributed by atoms with Crippen molar-refractivity contribution in [1.29, 1.82) is 0 Å². The maximum atomic E-state index is 5.68. The molecule has 4 heteroatoms. The summed E-state index contributed by atoms with van der Waals surface area (Å²) in [5, 5.41) is 5.50. The number of aromatic nitrogens is 1. The molecule has 4 rings (SSSR count). The van der Waals surface area contributed by atoms with E-state index in [4.69, 9.17) is 9.40 Å². The fraction of sp³-hybridized carbons (Fsp3) is 0.136. The molecule has 2 aromatic heterocycles. The van der Waals surface area contributed by atoms with Crippen molar-refractivity contribution in [3.05, 3.63) is 101 Å². The second kappa shape index (κ2) is 7.68. The highest BCUT2D eigenvalue weighted by molar-refractivity contribution is 7.13. The van der Waals surface area contributed by atoms with Crippen molar-refractivity contribution >= 4 is 11.3 Å². The molecule has 0 unspecified atom stereocenters. The van der Waals surface area contributed by atoms with Crippen LogP contribution < -0.4 is 5.32 Å². The molecule has 0 aliphatic rings. The number of furan rings is 1. The van der Waals surface area contributed by atoms with Gasteiger partial charge in [-0.05, 0) is 19.1 Å². The number of quaternary nitrogens is 1. The highest BCUT2D eigenvalue weighted by Gasteiger charge is 2.20. The van der Waals surface area contributed by atoms with Crippen LogP contribution in [0.25, 0.3) is 10.6 Å². The van der Waals surface area contributed by atoms with E-state index < -0.39 is 0 Å². The van der Waals surface area contributed by atoms with Crippen LogP contribution in [0.3, 0.4) is 0 Å². The first kappa shape index (κ1) is 16.8. The van der Waals surface area contributed by atoms with Gasteiger partial charge in [-0.15, -0.1) is 11.3 Å². The van der Waals surface area contributed by atoms with Gasteiger partial charge >= 0.3 is 0 Å². The van der Waals surface area contributed by atoms with Gasteiger partial charge in [0, 0.05) is 16.5 Å². The largest absolute Gasteiger partial charge is 0.463 e. The molecule has 2 N–H and O–H groups in total.